The molecular formula is C19H21N3O4. The van der Waals surface area contributed by atoms with Crippen LogP contribution in [-0.4, -0.2) is 35.4 Å². The van der Waals surface area contributed by atoms with E-state index in [-0.39, 0.29) is 24.6 Å². The monoisotopic (exact) mass is 355 g/mol. The maximum atomic E-state index is 12.3. The first kappa shape index (κ1) is 19.0. The van der Waals surface area contributed by atoms with Crippen LogP contribution in [0.5, 0.6) is 5.75 Å². The quantitative estimate of drug-likeness (QED) is 0.686. The summed E-state index contributed by atoms with van der Waals surface area (Å²) in [5, 5.41) is 11.9. The number of carbonyl (C=O) groups excluding carboxylic acids is 3. The van der Waals surface area contributed by atoms with Crippen molar-refractivity contribution in [2.75, 3.05) is 11.4 Å². The number of primary amides is 1. The van der Waals surface area contributed by atoms with Crippen molar-refractivity contribution in [3.8, 4) is 5.75 Å². The zero-order chi connectivity index (χ0) is 19.1. The molecule has 0 unspecified atom stereocenters. The number of para-hydroxylation sites is 1. The molecule has 2 rings (SSSR count). The molecule has 1 atom stereocenters. The summed E-state index contributed by atoms with van der Waals surface area (Å²) in [6.07, 6.45) is 0.187. The van der Waals surface area contributed by atoms with Crippen LogP contribution in [0.2, 0.25) is 0 Å². The highest BCUT2D eigenvalue weighted by atomic mass is 16.3. The van der Waals surface area contributed by atoms with Gasteiger partial charge in [-0.3, -0.25) is 14.4 Å². The predicted octanol–water partition coefficient (Wildman–Crippen LogP) is 0.958. The molecule has 0 aliphatic heterocycles. The summed E-state index contributed by atoms with van der Waals surface area (Å²) in [4.78, 5) is 37.2. The summed E-state index contributed by atoms with van der Waals surface area (Å²) < 4.78 is 0. The molecule has 0 spiro atoms. The zero-order valence-corrected chi connectivity index (χ0v) is 14.4. The number of aromatic hydroxyl groups is 1. The number of nitrogens with zero attached hydrogens (tertiary/aromatic N) is 1. The maximum absolute atomic E-state index is 12.3. The molecule has 0 fully saturated rings. The van der Waals surface area contributed by atoms with Crippen molar-refractivity contribution < 1.29 is 19.5 Å². The first-order valence-corrected chi connectivity index (χ1v) is 8.06. The van der Waals surface area contributed by atoms with Crippen LogP contribution in [-0.2, 0) is 20.8 Å². The minimum absolute atomic E-state index is 0.105. The normalized spacial score (nSPS) is 11.4. The summed E-state index contributed by atoms with van der Waals surface area (Å²) >= 11 is 0. The van der Waals surface area contributed by atoms with Crippen LogP contribution in [0.1, 0.15) is 12.5 Å². The molecular weight excluding hydrogens is 334 g/mol. The number of amides is 3. The molecule has 0 saturated heterocycles. The smallest absolute Gasteiger partial charge is 0.240 e. The number of nitrogens with two attached hydrogens (primary N) is 1. The average molecular weight is 355 g/mol. The van der Waals surface area contributed by atoms with Gasteiger partial charge >= 0.3 is 0 Å². The number of benzene rings is 2. The Morgan fingerprint density at radius 3 is 2.23 bits per heavy atom. The molecule has 2 aromatic rings. The first-order chi connectivity index (χ1) is 12.4. The van der Waals surface area contributed by atoms with E-state index in [2.05, 4.69) is 5.32 Å². The Morgan fingerprint density at radius 2 is 1.69 bits per heavy atom. The number of carbonyl (C=O) groups is 3. The molecule has 0 radical (unpaired) electrons. The van der Waals surface area contributed by atoms with Crippen LogP contribution in [0.4, 0.5) is 5.69 Å². The lowest BCUT2D eigenvalue weighted by atomic mass is 10.1. The van der Waals surface area contributed by atoms with E-state index in [4.69, 9.17) is 5.73 Å². The highest BCUT2D eigenvalue weighted by Gasteiger charge is 2.21. The largest absolute Gasteiger partial charge is 0.508 e. The van der Waals surface area contributed by atoms with Gasteiger partial charge in [0, 0.05) is 19.0 Å². The summed E-state index contributed by atoms with van der Waals surface area (Å²) in [5.41, 5.74) is 6.70. The Labute approximate surface area is 151 Å². The fraction of sp³-hybridized carbons (Fsp3) is 0.211. The zero-order valence-electron chi connectivity index (χ0n) is 14.4. The second-order valence-corrected chi connectivity index (χ2v) is 5.83. The van der Waals surface area contributed by atoms with Crippen molar-refractivity contribution in [2.24, 2.45) is 5.73 Å². The molecule has 3 amide bonds. The number of nitrogens with one attached hydrogen (secondary N) is 1. The van der Waals surface area contributed by atoms with Gasteiger partial charge < -0.3 is 21.1 Å². The van der Waals surface area contributed by atoms with Gasteiger partial charge in [0.05, 0.1) is 0 Å². The molecule has 0 saturated carbocycles. The molecule has 4 N–H and O–H groups in total. The fourth-order valence-electron chi connectivity index (χ4n) is 2.47. The van der Waals surface area contributed by atoms with Gasteiger partial charge in [-0.2, -0.15) is 0 Å². The van der Waals surface area contributed by atoms with Crippen LogP contribution in [0.25, 0.3) is 0 Å². The lowest BCUT2D eigenvalue weighted by Crippen LogP contribution is -2.49. The Bertz CT molecular complexity index is 775. The number of hydrogen-bond donors (Lipinski definition) is 3. The van der Waals surface area contributed by atoms with E-state index in [1.807, 2.05) is 6.07 Å². The minimum atomic E-state index is -0.920. The first-order valence-electron chi connectivity index (χ1n) is 8.06. The van der Waals surface area contributed by atoms with Crippen molar-refractivity contribution in [1.29, 1.82) is 0 Å². The standard InChI is InChI=1S/C19H21N3O4/c1-13(23)22(15-5-3-2-4-6-15)12-18(25)21-17(19(20)26)11-14-7-9-16(24)10-8-14/h2-10,17,24H,11-12H2,1H3,(H2,20,26)(H,21,25)/t17-/m0/s1. The molecule has 26 heavy (non-hydrogen) atoms. The highest BCUT2D eigenvalue weighted by molar-refractivity contribution is 5.98. The molecule has 7 nitrogen and oxygen atoms in total. The van der Waals surface area contributed by atoms with Crippen LogP contribution in [0.15, 0.2) is 54.6 Å². The van der Waals surface area contributed by atoms with Gasteiger partial charge in [-0.05, 0) is 29.8 Å². The number of hydrogen-bond acceptors (Lipinski definition) is 4. The van der Waals surface area contributed by atoms with Gasteiger partial charge in [-0.25, -0.2) is 0 Å². The van der Waals surface area contributed by atoms with Gasteiger partial charge in [0.2, 0.25) is 17.7 Å². The molecule has 136 valence electrons. The number of phenols is 1. The van der Waals surface area contributed by atoms with E-state index in [0.717, 1.165) is 5.56 Å². The molecule has 0 aliphatic rings. The van der Waals surface area contributed by atoms with Crippen molar-refractivity contribution in [3.05, 3.63) is 60.2 Å². The van der Waals surface area contributed by atoms with E-state index in [1.165, 1.54) is 24.0 Å². The fourth-order valence-corrected chi connectivity index (χ4v) is 2.47. The van der Waals surface area contributed by atoms with Crippen LogP contribution in [0, 0.1) is 0 Å². The van der Waals surface area contributed by atoms with E-state index in [0.29, 0.717) is 5.69 Å². The van der Waals surface area contributed by atoms with E-state index < -0.39 is 17.9 Å². The lowest BCUT2D eigenvalue weighted by molar-refractivity contribution is -0.127. The lowest BCUT2D eigenvalue weighted by Gasteiger charge is -2.22. The van der Waals surface area contributed by atoms with Crippen molar-refractivity contribution >= 4 is 23.4 Å². The second-order valence-electron chi connectivity index (χ2n) is 5.83. The molecule has 0 aromatic heterocycles. The third-order valence-corrected chi connectivity index (χ3v) is 3.80. The highest BCUT2D eigenvalue weighted by Crippen LogP contribution is 2.14. The molecule has 2 aromatic carbocycles. The predicted molar refractivity (Wildman–Crippen MR) is 97.4 cm³/mol. The Hall–Kier alpha value is -3.35. The van der Waals surface area contributed by atoms with E-state index in [9.17, 15) is 19.5 Å². The Kier molecular flexibility index (Phi) is 6.32. The van der Waals surface area contributed by atoms with Crippen LogP contribution < -0.4 is 16.0 Å². The van der Waals surface area contributed by atoms with Crippen molar-refractivity contribution in [3.63, 3.8) is 0 Å². The van der Waals surface area contributed by atoms with Crippen molar-refractivity contribution in [1.82, 2.24) is 5.32 Å². The van der Waals surface area contributed by atoms with Crippen LogP contribution in [0.3, 0.4) is 0 Å². The van der Waals surface area contributed by atoms with Gasteiger partial charge in [0.25, 0.3) is 0 Å². The Balaban J connectivity index is 2.05. The maximum Gasteiger partial charge on any atom is 0.240 e. The molecule has 0 aliphatic carbocycles. The third-order valence-electron chi connectivity index (χ3n) is 3.80. The Morgan fingerprint density at radius 1 is 1.08 bits per heavy atom. The van der Waals surface area contributed by atoms with Crippen molar-refractivity contribution in [2.45, 2.75) is 19.4 Å². The molecule has 7 heteroatoms. The van der Waals surface area contributed by atoms with Gasteiger partial charge in [0.15, 0.2) is 0 Å². The number of phenolic OH excluding ortho intramolecular Hbond substituents is 1. The summed E-state index contributed by atoms with van der Waals surface area (Å²) in [5.74, 6) is -1.36. The minimum Gasteiger partial charge on any atom is -0.508 e. The number of anilines is 1. The van der Waals surface area contributed by atoms with Gasteiger partial charge in [-0.15, -0.1) is 0 Å². The van der Waals surface area contributed by atoms with Crippen LogP contribution >= 0.6 is 0 Å². The van der Waals surface area contributed by atoms with E-state index >= 15 is 0 Å². The average Bonchev–Trinajstić information content (AvgIpc) is 2.61. The summed E-state index contributed by atoms with van der Waals surface area (Å²) in [6, 6.07) is 14.1. The van der Waals surface area contributed by atoms with Gasteiger partial charge in [-0.1, -0.05) is 30.3 Å². The second kappa shape index (κ2) is 8.66. The number of rotatable bonds is 7. The topological polar surface area (TPSA) is 113 Å². The van der Waals surface area contributed by atoms with Gasteiger partial charge in [0.1, 0.15) is 18.3 Å². The molecule has 0 heterocycles. The van der Waals surface area contributed by atoms with E-state index in [1.54, 1.807) is 36.4 Å². The third kappa shape index (κ3) is 5.34. The summed E-state index contributed by atoms with van der Waals surface area (Å²) in [7, 11) is 0. The summed E-state index contributed by atoms with van der Waals surface area (Å²) in [6.45, 7) is 1.14. The SMILES string of the molecule is CC(=O)N(CC(=O)N[C@@H](Cc1ccc(O)cc1)C(N)=O)c1ccccc1. The molecule has 0 bridgehead atoms.